The first-order valence-corrected chi connectivity index (χ1v) is 10.6. The monoisotopic (exact) mass is 381 g/mol. The van der Waals surface area contributed by atoms with Gasteiger partial charge in [-0.1, -0.05) is 123 Å². The molecule has 0 radical (unpaired) electrons. The van der Waals surface area contributed by atoms with Crippen molar-refractivity contribution in [3.05, 3.63) is 24.5 Å². The lowest BCUT2D eigenvalue weighted by atomic mass is 10.4. The van der Waals surface area contributed by atoms with E-state index in [9.17, 15) is 0 Å². The van der Waals surface area contributed by atoms with E-state index in [1.165, 1.54) is 6.42 Å². The minimum atomic E-state index is 0. The van der Waals surface area contributed by atoms with Crippen LogP contribution in [0.4, 0.5) is 0 Å². The van der Waals surface area contributed by atoms with Gasteiger partial charge in [-0.2, -0.15) is 0 Å². The lowest BCUT2D eigenvalue weighted by Gasteiger charge is -2.11. The number of rotatable bonds is 4. The van der Waals surface area contributed by atoms with E-state index in [0.29, 0.717) is 0 Å². The Balaban J connectivity index is -0.0000000218. The Morgan fingerprint density at radius 1 is 0.769 bits per heavy atom. The quantitative estimate of drug-likeness (QED) is 0.355. The fourth-order valence-electron chi connectivity index (χ4n) is 0.628. The molecule has 0 bridgehead atoms. The second kappa shape index (κ2) is 125. The van der Waals surface area contributed by atoms with E-state index in [0.717, 1.165) is 12.3 Å². The number of likely N-dealkylation sites (N-methyl/N-ethyl adjacent to an activating group) is 1. The molecule has 0 rings (SSSR count). The molecule has 0 saturated carbocycles. The molecule has 0 aromatic heterocycles. The van der Waals surface area contributed by atoms with E-state index in [1.54, 1.807) is 13.2 Å². The Labute approximate surface area is 173 Å². The van der Waals surface area contributed by atoms with Crippen molar-refractivity contribution < 1.29 is 4.74 Å². The molecule has 0 fully saturated rings. The normalized spacial score (nSPS) is 6.62. The van der Waals surface area contributed by atoms with Gasteiger partial charge in [0.1, 0.15) is 5.76 Å². The van der Waals surface area contributed by atoms with Gasteiger partial charge in [0.15, 0.2) is 0 Å². The average molecular weight is 382 g/mol. The first-order valence-electron chi connectivity index (χ1n) is 10.6. The predicted molar refractivity (Wildman–Crippen MR) is 135 cm³/mol. The Bertz CT molecular complexity index is 141. The average Bonchev–Trinajstić information content (AvgIpc) is 2.71. The Morgan fingerprint density at radius 2 is 1.00 bits per heavy atom. The number of methoxy groups -OCH3 is 1. The molecule has 0 atom stereocenters. The topological polar surface area (TPSA) is 12.5 Å². The van der Waals surface area contributed by atoms with Gasteiger partial charge < -0.3 is 9.64 Å². The molecular formula is C24H63NO. The maximum atomic E-state index is 5.05. The molecule has 0 heterocycles. The summed E-state index contributed by atoms with van der Waals surface area (Å²) in [6.45, 7) is 32.7. The Kier molecular flexibility index (Phi) is 270. The first kappa shape index (κ1) is 56.2. The zero-order chi connectivity index (χ0) is 22.7. The Hall–Kier alpha value is -0.760. The molecule has 0 N–H and O–H groups in total. The van der Waals surface area contributed by atoms with Crippen LogP contribution in [0.2, 0.25) is 0 Å². The lowest BCUT2D eigenvalue weighted by Crippen LogP contribution is -2.15. The molecule has 0 saturated heterocycles. The van der Waals surface area contributed by atoms with Gasteiger partial charge in [-0.15, -0.1) is 0 Å². The van der Waals surface area contributed by atoms with Crippen LogP contribution in [0, 0.1) is 0 Å². The highest BCUT2D eigenvalue weighted by molar-refractivity contribution is 5.05. The summed E-state index contributed by atoms with van der Waals surface area (Å²) < 4.78 is 5.05. The number of ether oxygens (including phenoxy) is 1. The van der Waals surface area contributed by atoms with Crippen LogP contribution >= 0.6 is 0 Å². The molecular weight excluding hydrogens is 318 g/mol. The third kappa shape index (κ3) is 169. The zero-order valence-electron chi connectivity index (χ0n) is 21.6. The van der Waals surface area contributed by atoms with Crippen LogP contribution in [0.5, 0.6) is 0 Å². The van der Waals surface area contributed by atoms with Crippen LogP contribution < -0.4 is 0 Å². The molecule has 2 heteroatoms. The molecule has 2 nitrogen and oxygen atoms in total. The van der Waals surface area contributed by atoms with Crippen molar-refractivity contribution in [2.45, 2.75) is 111 Å². The predicted octanol–water partition coefficient (Wildman–Crippen LogP) is 9.47. The van der Waals surface area contributed by atoms with Crippen LogP contribution in [0.15, 0.2) is 24.5 Å². The third-order valence-corrected chi connectivity index (χ3v) is 1.04. The zero-order valence-corrected chi connectivity index (χ0v) is 21.6. The van der Waals surface area contributed by atoms with E-state index in [1.807, 2.05) is 108 Å². The molecule has 0 aliphatic rings. The van der Waals surface area contributed by atoms with E-state index in [4.69, 9.17) is 4.74 Å². The second-order valence-corrected chi connectivity index (χ2v) is 3.02. The van der Waals surface area contributed by atoms with Crippen LogP contribution in [0.1, 0.15) is 111 Å². The van der Waals surface area contributed by atoms with Crippen molar-refractivity contribution in [1.29, 1.82) is 0 Å². The highest BCUT2D eigenvalue weighted by Gasteiger charge is 1.94. The fourth-order valence-corrected chi connectivity index (χ4v) is 0.628. The van der Waals surface area contributed by atoms with Crippen LogP contribution in [0.25, 0.3) is 0 Å². The van der Waals surface area contributed by atoms with Gasteiger partial charge >= 0.3 is 0 Å². The van der Waals surface area contributed by atoms with E-state index < -0.39 is 0 Å². The van der Waals surface area contributed by atoms with Crippen LogP contribution in [-0.2, 0) is 4.74 Å². The van der Waals surface area contributed by atoms with Crippen molar-refractivity contribution in [3.63, 3.8) is 0 Å². The summed E-state index contributed by atoms with van der Waals surface area (Å²) in [6, 6.07) is 0. The molecule has 0 aromatic carbocycles. The van der Waals surface area contributed by atoms with Gasteiger partial charge in [-0.3, -0.25) is 0 Å². The molecule has 0 aromatic rings. The summed E-state index contributed by atoms with van der Waals surface area (Å²) in [5.74, 6) is 0.931. The summed E-state index contributed by atoms with van der Waals surface area (Å²) >= 11 is 0. The Morgan fingerprint density at radius 3 is 1.12 bits per heavy atom. The minimum Gasteiger partial charge on any atom is -0.500 e. The summed E-state index contributed by atoms with van der Waals surface area (Å²) in [5.41, 5.74) is 0. The number of hydrogen-bond acceptors (Lipinski definition) is 2. The number of allylic oxidation sites excluding steroid dienone is 2. The van der Waals surface area contributed by atoms with Gasteiger partial charge in [0, 0.05) is 0 Å². The lowest BCUT2D eigenvalue weighted by molar-refractivity contribution is 0.249. The summed E-state index contributed by atoms with van der Waals surface area (Å²) in [7, 11) is 5.66. The SMILES string of the molecule is C.C=C/C=C(\CN(C)C)OC.CC.CC.CC.CC.CC.CC.CCC. The highest BCUT2D eigenvalue weighted by Crippen LogP contribution is 1.95. The highest BCUT2D eigenvalue weighted by atomic mass is 16.5. The van der Waals surface area contributed by atoms with E-state index in [2.05, 4.69) is 20.4 Å². The fraction of sp³-hybridized carbons (Fsp3) is 0.833. The molecule has 0 aliphatic heterocycles. The summed E-state index contributed by atoms with van der Waals surface area (Å²) in [5, 5.41) is 0. The largest absolute Gasteiger partial charge is 0.500 e. The molecule has 0 unspecified atom stereocenters. The molecule has 0 spiro atoms. The van der Waals surface area contributed by atoms with Gasteiger partial charge in [-0.25, -0.2) is 0 Å². The minimum absolute atomic E-state index is 0. The second-order valence-electron chi connectivity index (χ2n) is 3.02. The van der Waals surface area contributed by atoms with Crippen molar-refractivity contribution in [2.24, 2.45) is 0 Å². The maximum Gasteiger partial charge on any atom is 0.109 e. The molecule has 0 amide bonds. The van der Waals surface area contributed by atoms with Crippen molar-refractivity contribution in [2.75, 3.05) is 27.7 Å². The summed E-state index contributed by atoms with van der Waals surface area (Å²) in [4.78, 5) is 2.04. The maximum absolute atomic E-state index is 5.05. The van der Waals surface area contributed by atoms with E-state index in [-0.39, 0.29) is 7.43 Å². The van der Waals surface area contributed by atoms with Crippen molar-refractivity contribution >= 4 is 0 Å². The first-order chi connectivity index (χ1) is 12.1. The third-order valence-electron chi connectivity index (χ3n) is 1.04. The van der Waals surface area contributed by atoms with Gasteiger partial charge in [-0.05, 0) is 20.2 Å². The van der Waals surface area contributed by atoms with Crippen molar-refractivity contribution in [3.8, 4) is 0 Å². The standard InChI is InChI=1S/C8H15NO.C3H8.6C2H6.CH4/c1-5-6-8(10-4)7-9(2)3;1-3-2;6*1-2;/h5-6H,1,7H2,2-4H3;3H2,1-2H3;6*1-2H3;1H4/b8-6+;;;;;;;;. The molecule has 26 heavy (non-hydrogen) atoms. The number of nitrogens with zero attached hydrogens (tertiary/aromatic N) is 1. The molecule has 0 aliphatic carbocycles. The van der Waals surface area contributed by atoms with E-state index >= 15 is 0 Å². The van der Waals surface area contributed by atoms with Gasteiger partial charge in [0.05, 0.1) is 13.7 Å². The van der Waals surface area contributed by atoms with Gasteiger partial charge in [0.25, 0.3) is 0 Å². The smallest absolute Gasteiger partial charge is 0.109 e. The van der Waals surface area contributed by atoms with Gasteiger partial charge in [0.2, 0.25) is 0 Å². The summed E-state index contributed by atoms with van der Waals surface area (Å²) in [6.07, 6.45) is 4.84. The van der Waals surface area contributed by atoms with Crippen LogP contribution in [0.3, 0.4) is 0 Å². The van der Waals surface area contributed by atoms with Crippen molar-refractivity contribution in [1.82, 2.24) is 4.90 Å². The number of hydrogen-bond donors (Lipinski definition) is 0. The van der Waals surface area contributed by atoms with Crippen LogP contribution in [-0.4, -0.2) is 32.6 Å². The molecule has 170 valence electrons.